The molecule has 0 aliphatic heterocycles. The number of benzene rings is 1. The first-order chi connectivity index (χ1) is 9.21. The normalized spacial score (nSPS) is 11.7. The number of nitrogens with zero attached hydrogens (tertiary/aromatic N) is 2. The molecular formula is C14H14ClFN2O2. The first-order valence-corrected chi connectivity index (χ1v) is 6.38. The molecule has 106 valence electrons. The number of aromatic carboxylic acids is 1. The Morgan fingerprint density at radius 1 is 1.40 bits per heavy atom. The van der Waals surface area contributed by atoms with Gasteiger partial charge >= 0.3 is 5.97 Å². The van der Waals surface area contributed by atoms with Gasteiger partial charge in [-0.2, -0.15) is 5.10 Å². The van der Waals surface area contributed by atoms with Gasteiger partial charge in [-0.1, -0.05) is 38.4 Å². The van der Waals surface area contributed by atoms with E-state index in [9.17, 15) is 14.3 Å². The summed E-state index contributed by atoms with van der Waals surface area (Å²) in [4.78, 5) is 11.4. The van der Waals surface area contributed by atoms with Crippen LogP contribution < -0.4 is 0 Å². The van der Waals surface area contributed by atoms with Crippen LogP contribution in [-0.2, 0) is 5.41 Å². The molecule has 1 N–H and O–H groups in total. The van der Waals surface area contributed by atoms with Gasteiger partial charge in [-0.05, 0) is 18.2 Å². The molecule has 20 heavy (non-hydrogen) atoms. The van der Waals surface area contributed by atoms with Crippen molar-refractivity contribution in [2.24, 2.45) is 0 Å². The third kappa shape index (κ3) is 2.54. The van der Waals surface area contributed by atoms with E-state index in [-0.39, 0.29) is 10.7 Å². The lowest BCUT2D eigenvalue weighted by molar-refractivity contribution is 0.0694. The summed E-state index contributed by atoms with van der Waals surface area (Å²) >= 11 is 6.11. The highest BCUT2D eigenvalue weighted by atomic mass is 35.5. The molecule has 0 aliphatic carbocycles. The van der Waals surface area contributed by atoms with E-state index in [0.29, 0.717) is 11.4 Å². The molecule has 1 aromatic carbocycles. The van der Waals surface area contributed by atoms with Gasteiger partial charge in [0.05, 0.1) is 11.4 Å². The van der Waals surface area contributed by atoms with E-state index in [1.807, 2.05) is 20.8 Å². The molecule has 0 unspecified atom stereocenters. The smallest absolute Gasteiger partial charge is 0.340 e. The lowest BCUT2D eigenvalue weighted by Crippen LogP contribution is -2.16. The molecule has 0 radical (unpaired) electrons. The van der Waals surface area contributed by atoms with Crippen LogP contribution in [0, 0.1) is 5.82 Å². The minimum Gasteiger partial charge on any atom is -0.478 e. The number of carboxylic acids is 1. The number of aromatic nitrogens is 2. The maximum absolute atomic E-state index is 13.3. The second-order valence-electron chi connectivity index (χ2n) is 5.46. The van der Waals surface area contributed by atoms with Gasteiger partial charge in [0.1, 0.15) is 16.5 Å². The Morgan fingerprint density at radius 3 is 2.50 bits per heavy atom. The van der Waals surface area contributed by atoms with Gasteiger partial charge in [0.15, 0.2) is 0 Å². The molecule has 0 aliphatic rings. The Balaban J connectivity index is 2.71. The van der Waals surface area contributed by atoms with Gasteiger partial charge in [0, 0.05) is 5.41 Å². The summed E-state index contributed by atoms with van der Waals surface area (Å²) in [5.41, 5.74) is 0.200. The van der Waals surface area contributed by atoms with E-state index in [4.69, 9.17) is 11.6 Å². The molecular weight excluding hydrogens is 283 g/mol. The third-order valence-corrected chi connectivity index (χ3v) is 3.16. The molecule has 6 heteroatoms. The van der Waals surface area contributed by atoms with Gasteiger partial charge in [-0.25, -0.2) is 13.9 Å². The standard InChI is InChI=1S/C14H14ClFN2O2/c1-14(2,3)11-10(13(19)20)12(15)18(17-11)9-6-4-5-8(16)7-9/h4-7H,1-3H3,(H,19,20). The molecule has 2 rings (SSSR count). The Kier molecular flexibility index (Phi) is 3.56. The molecule has 4 nitrogen and oxygen atoms in total. The van der Waals surface area contributed by atoms with Gasteiger partial charge in [0.25, 0.3) is 0 Å². The van der Waals surface area contributed by atoms with Crippen molar-refractivity contribution in [3.8, 4) is 5.69 Å². The quantitative estimate of drug-likeness (QED) is 0.920. The fraction of sp³-hybridized carbons (Fsp3) is 0.286. The van der Waals surface area contributed by atoms with E-state index in [0.717, 1.165) is 0 Å². The van der Waals surface area contributed by atoms with Crippen LogP contribution in [0.4, 0.5) is 4.39 Å². The molecule has 0 saturated heterocycles. The van der Waals surface area contributed by atoms with Crippen molar-refractivity contribution in [3.63, 3.8) is 0 Å². The predicted octanol–water partition coefficient (Wildman–Crippen LogP) is 3.66. The molecule has 0 atom stereocenters. The first kappa shape index (κ1) is 14.5. The monoisotopic (exact) mass is 296 g/mol. The topological polar surface area (TPSA) is 55.1 Å². The van der Waals surface area contributed by atoms with Gasteiger partial charge in [0.2, 0.25) is 0 Å². The first-order valence-electron chi connectivity index (χ1n) is 6.00. The summed E-state index contributed by atoms with van der Waals surface area (Å²) in [6, 6.07) is 5.67. The van der Waals surface area contributed by atoms with E-state index in [1.165, 1.54) is 22.9 Å². The predicted molar refractivity (Wildman–Crippen MR) is 74.2 cm³/mol. The maximum atomic E-state index is 13.3. The van der Waals surface area contributed by atoms with Gasteiger partial charge in [-0.15, -0.1) is 0 Å². The molecule has 1 heterocycles. The minimum atomic E-state index is -1.15. The van der Waals surface area contributed by atoms with Gasteiger partial charge in [-0.3, -0.25) is 0 Å². The van der Waals surface area contributed by atoms with E-state index in [1.54, 1.807) is 6.07 Å². The van der Waals surface area contributed by atoms with Crippen LogP contribution in [0.15, 0.2) is 24.3 Å². The van der Waals surface area contributed by atoms with Crippen LogP contribution in [0.3, 0.4) is 0 Å². The van der Waals surface area contributed by atoms with Crippen molar-refractivity contribution < 1.29 is 14.3 Å². The molecule has 0 bridgehead atoms. The zero-order valence-corrected chi connectivity index (χ0v) is 12.1. The average molecular weight is 297 g/mol. The van der Waals surface area contributed by atoms with Crippen LogP contribution in [0.1, 0.15) is 36.8 Å². The van der Waals surface area contributed by atoms with Crippen LogP contribution in [0.5, 0.6) is 0 Å². The van der Waals surface area contributed by atoms with Gasteiger partial charge < -0.3 is 5.11 Å². The fourth-order valence-electron chi connectivity index (χ4n) is 1.89. The van der Waals surface area contributed by atoms with Crippen molar-refractivity contribution in [2.45, 2.75) is 26.2 Å². The molecule has 0 spiro atoms. The van der Waals surface area contributed by atoms with Crippen molar-refractivity contribution in [1.82, 2.24) is 9.78 Å². The highest BCUT2D eigenvalue weighted by Gasteiger charge is 2.30. The Hall–Kier alpha value is -1.88. The Morgan fingerprint density at radius 2 is 2.05 bits per heavy atom. The molecule has 0 saturated carbocycles. The highest BCUT2D eigenvalue weighted by molar-refractivity contribution is 6.33. The summed E-state index contributed by atoms with van der Waals surface area (Å²) < 4.78 is 14.5. The van der Waals surface area contributed by atoms with E-state index in [2.05, 4.69) is 5.10 Å². The highest BCUT2D eigenvalue weighted by Crippen LogP contribution is 2.31. The fourth-order valence-corrected chi connectivity index (χ4v) is 2.20. The zero-order valence-electron chi connectivity index (χ0n) is 11.3. The van der Waals surface area contributed by atoms with Crippen LogP contribution in [0.25, 0.3) is 5.69 Å². The van der Waals surface area contributed by atoms with Crippen molar-refractivity contribution in [3.05, 3.63) is 46.5 Å². The Labute approximate surface area is 120 Å². The maximum Gasteiger partial charge on any atom is 0.340 e. The largest absolute Gasteiger partial charge is 0.478 e. The summed E-state index contributed by atoms with van der Waals surface area (Å²) in [6.45, 7) is 5.52. The number of rotatable bonds is 2. The molecule has 1 aromatic heterocycles. The average Bonchev–Trinajstić information content (AvgIpc) is 2.66. The van der Waals surface area contributed by atoms with Crippen LogP contribution >= 0.6 is 11.6 Å². The van der Waals surface area contributed by atoms with Crippen molar-refractivity contribution in [2.75, 3.05) is 0 Å². The van der Waals surface area contributed by atoms with E-state index < -0.39 is 17.2 Å². The second-order valence-corrected chi connectivity index (χ2v) is 5.82. The zero-order chi connectivity index (χ0) is 15.1. The number of carbonyl (C=O) groups is 1. The summed E-state index contributed by atoms with van der Waals surface area (Å²) in [5, 5.41) is 13.5. The Bertz CT molecular complexity index is 674. The number of hydrogen-bond acceptors (Lipinski definition) is 2. The number of hydrogen-bond donors (Lipinski definition) is 1. The molecule has 2 aromatic rings. The second kappa shape index (κ2) is 4.90. The van der Waals surface area contributed by atoms with Crippen LogP contribution in [0.2, 0.25) is 5.15 Å². The van der Waals surface area contributed by atoms with E-state index >= 15 is 0 Å². The number of carboxylic acid groups (broad SMARTS) is 1. The van der Waals surface area contributed by atoms with Crippen LogP contribution in [-0.4, -0.2) is 20.9 Å². The lowest BCUT2D eigenvalue weighted by Gasteiger charge is -2.15. The minimum absolute atomic E-state index is 0.0342. The van der Waals surface area contributed by atoms with Crippen molar-refractivity contribution >= 4 is 17.6 Å². The summed E-state index contributed by atoms with van der Waals surface area (Å²) in [5.74, 6) is -1.59. The third-order valence-electron chi connectivity index (χ3n) is 2.81. The molecule has 0 fully saturated rings. The summed E-state index contributed by atoms with van der Waals surface area (Å²) in [7, 11) is 0. The number of halogens is 2. The lowest BCUT2D eigenvalue weighted by atomic mass is 9.89. The van der Waals surface area contributed by atoms with Crippen molar-refractivity contribution in [1.29, 1.82) is 0 Å². The summed E-state index contributed by atoms with van der Waals surface area (Å²) in [6.07, 6.45) is 0. The molecule has 0 amide bonds. The SMILES string of the molecule is CC(C)(C)c1nn(-c2cccc(F)c2)c(Cl)c1C(=O)O.